The summed E-state index contributed by atoms with van der Waals surface area (Å²) in [6, 6.07) is 18.9. The summed E-state index contributed by atoms with van der Waals surface area (Å²) >= 11 is 0. The third-order valence-electron chi connectivity index (χ3n) is 4.37. The predicted octanol–water partition coefficient (Wildman–Crippen LogP) is 4.71. The van der Waals surface area contributed by atoms with Gasteiger partial charge in [0.15, 0.2) is 11.6 Å². The Bertz CT molecular complexity index is 1330. The average molecular weight is 438 g/mol. The molecule has 0 atom stereocenters. The highest BCUT2D eigenvalue weighted by Crippen LogP contribution is 2.31. The second-order valence-corrected chi connectivity index (χ2v) is 8.21. The number of sulfonamides is 1. The number of rotatable bonds is 7. The Labute approximate surface area is 179 Å². The van der Waals surface area contributed by atoms with Gasteiger partial charge in [-0.2, -0.15) is 0 Å². The van der Waals surface area contributed by atoms with Crippen LogP contribution < -0.4 is 14.8 Å². The number of hydrogen-bond donors (Lipinski definition) is 2. The molecule has 4 aromatic rings. The van der Waals surface area contributed by atoms with Crippen molar-refractivity contribution < 1.29 is 17.5 Å². The highest BCUT2D eigenvalue weighted by Gasteiger charge is 2.19. The van der Waals surface area contributed by atoms with E-state index in [2.05, 4.69) is 20.0 Å². The van der Waals surface area contributed by atoms with Crippen molar-refractivity contribution in [2.24, 2.45) is 0 Å². The van der Waals surface area contributed by atoms with Gasteiger partial charge < -0.3 is 10.1 Å². The Kier molecular flexibility index (Phi) is 5.68. The lowest BCUT2D eigenvalue weighted by Gasteiger charge is -2.16. The molecule has 0 fully saturated rings. The van der Waals surface area contributed by atoms with Gasteiger partial charge in [0, 0.05) is 0 Å². The fourth-order valence-corrected chi connectivity index (χ4v) is 3.95. The molecule has 9 heteroatoms. The molecule has 158 valence electrons. The maximum Gasteiger partial charge on any atom is 0.263 e. The zero-order valence-electron chi connectivity index (χ0n) is 16.5. The van der Waals surface area contributed by atoms with Crippen molar-refractivity contribution in [1.82, 2.24) is 9.97 Å². The molecule has 0 aliphatic heterocycles. The number of para-hydroxylation sites is 4. The van der Waals surface area contributed by atoms with Crippen LogP contribution in [0, 0.1) is 5.82 Å². The van der Waals surface area contributed by atoms with Crippen LogP contribution in [0.1, 0.15) is 6.92 Å². The number of benzene rings is 3. The van der Waals surface area contributed by atoms with E-state index in [1.54, 1.807) is 30.3 Å². The minimum Gasteiger partial charge on any atom is -0.492 e. The van der Waals surface area contributed by atoms with Crippen LogP contribution in [0.3, 0.4) is 0 Å². The van der Waals surface area contributed by atoms with Crippen molar-refractivity contribution in [3.8, 4) is 5.75 Å². The molecular weight excluding hydrogens is 419 g/mol. The maximum atomic E-state index is 13.2. The molecule has 3 aromatic carbocycles. The van der Waals surface area contributed by atoms with Gasteiger partial charge in [0.2, 0.25) is 0 Å². The molecule has 2 N–H and O–H groups in total. The molecule has 0 saturated heterocycles. The van der Waals surface area contributed by atoms with Gasteiger partial charge >= 0.3 is 0 Å². The van der Waals surface area contributed by atoms with Crippen LogP contribution in [0.4, 0.5) is 21.7 Å². The van der Waals surface area contributed by atoms with E-state index in [9.17, 15) is 12.8 Å². The van der Waals surface area contributed by atoms with Crippen molar-refractivity contribution in [1.29, 1.82) is 0 Å². The molecule has 0 radical (unpaired) electrons. The number of ether oxygens (including phenoxy) is 1. The van der Waals surface area contributed by atoms with Gasteiger partial charge in [0.05, 0.1) is 28.2 Å². The SMILES string of the molecule is CCOc1ccccc1Nc1nc2ccccc2nc1NS(=O)(=O)c1ccc(F)cc1. The number of aromatic nitrogens is 2. The van der Waals surface area contributed by atoms with E-state index in [0.717, 1.165) is 12.1 Å². The zero-order valence-corrected chi connectivity index (χ0v) is 17.4. The molecule has 0 amide bonds. The summed E-state index contributed by atoms with van der Waals surface area (Å²) in [7, 11) is -4.02. The van der Waals surface area contributed by atoms with Gasteiger partial charge in [-0.15, -0.1) is 0 Å². The quantitative estimate of drug-likeness (QED) is 0.434. The van der Waals surface area contributed by atoms with Gasteiger partial charge in [-0.05, 0) is 55.5 Å². The van der Waals surface area contributed by atoms with Crippen molar-refractivity contribution in [2.45, 2.75) is 11.8 Å². The normalized spacial score (nSPS) is 11.3. The second kappa shape index (κ2) is 8.57. The first-order valence-electron chi connectivity index (χ1n) is 9.50. The number of halogens is 1. The summed E-state index contributed by atoms with van der Waals surface area (Å²) < 4.78 is 47.1. The first kappa shape index (κ1) is 20.5. The Balaban J connectivity index is 1.78. The summed E-state index contributed by atoms with van der Waals surface area (Å²) in [6.45, 7) is 2.33. The van der Waals surface area contributed by atoms with Crippen LogP contribution in [0.2, 0.25) is 0 Å². The molecule has 7 nitrogen and oxygen atoms in total. The Hall–Kier alpha value is -3.72. The number of anilines is 3. The summed E-state index contributed by atoms with van der Waals surface area (Å²) in [4.78, 5) is 8.90. The van der Waals surface area contributed by atoms with E-state index in [4.69, 9.17) is 4.74 Å². The van der Waals surface area contributed by atoms with Crippen LogP contribution in [-0.2, 0) is 10.0 Å². The summed E-state index contributed by atoms with van der Waals surface area (Å²) in [5.41, 5.74) is 1.71. The Morgan fingerprint density at radius 1 is 0.871 bits per heavy atom. The lowest BCUT2D eigenvalue weighted by molar-refractivity contribution is 0.342. The number of fused-ring (bicyclic) bond motifs is 1. The first-order chi connectivity index (χ1) is 15.0. The summed E-state index contributed by atoms with van der Waals surface area (Å²) in [5.74, 6) is 0.275. The van der Waals surface area contributed by atoms with Gasteiger partial charge in [-0.3, -0.25) is 4.72 Å². The molecule has 0 aliphatic carbocycles. The molecular formula is C22H19FN4O3S. The van der Waals surface area contributed by atoms with Gasteiger partial charge in [-0.1, -0.05) is 24.3 Å². The Morgan fingerprint density at radius 2 is 1.48 bits per heavy atom. The smallest absolute Gasteiger partial charge is 0.263 e. The predicted molar refractivity (Wildman–Crippen MR) is 118 cm³/mol. The van der Waals surface area contributed by atoms with Crippen LogP contribution in [-0.4, -0.2) is 25.0 Å². The van der Waals surface area contributed by atoms with Crippen LogP contribution in [0.5, 0.6) is 5.75 Å². The monoisotopic (exact) mass is 438 g/mol. The van der Waals surface area contributed by atoms with Gasteiger partial charge in [-0.25, -0.2) is 22.8 Å². The molecule has 0 unspecified atom stereocenters. The minimum absolute atomic E-state index is 0.00864. The first-order valence-corrected chi connectivity index (χ1v) is 11.0. The van der Waals surface area contributed by atoms with Crippen molar-refractivity contribution in [3.05, 3.63) is 78.6 Å². The molecule has 0 aliphatic rings. The molecule has 4 rings (SSSR count). The van der Waals surface area contributed by atoms with Gasteiger partial charge in [0.25, 0.3) is 10.0 Å². The fraction of sp³-hybridized carbons (Fsp3) is 0.0909. The van der Waals surface area contributed by atoms with E-state index in [-0.39, 0.29) is 16.5 Å². The number of nitrogens with zero attached hydrogens (tertiary/aromatic N) is 2. The highest BCUT2D eigenvalue weighted by atomic mass is 32.2. The molecule has 1 heterocycles. The fourth-order valence-electron chi connectivity index (χ4n) is 2.94. The Morgan fingerprint density at radius 3 is 2.16 bits per heavy atom. The zero-order chi connectivity index (χ0) is 21.8. The molecule has 0 saturated carbocycles. The number of nitrogens with one attached hydrogen (secondary N) is 2. The van der Waals surface area contributed by atoms with Gasteiger partial charge in [0.1, 0.15) is 11.6 Å². The van der Waals surface area contributed by atoms with E-state index in [0.29, 0.717) is 29.1 Å². The van der Waals surface area contributed by atoms with Crippen molar-refractivity contribution in [2.75, 3.05) is 16.6 Å². The standard InChI is InChI=1S/C22H19FN4O3S/c1-2-30-20-10-6-5-9-19(20)26-21-22(25-18-8-4-3-7-17(18)24-21)27-31(28,29)16-13-11-15(23)12-14-16/h3-14H,2H2,1H3,(H,24,26)(H,25,27). The van der Waals surface area contributed by atoms with Crippen LogP contribution >= 0.6 is 0 Å². The summed E-state index contributed by atoms with van der Waals surface area (Å²) in [6.07, 6.45) is 0. The summed E-state index contributed by atoms with van der Waals surface area (Å²) in [5, 5.41) is 3.12. The average Bonchev–Trinajstić information content (AvgIpc) is 2.76. The largest absolute Gasteiger partial charge is 0.492 e. The van der Waals surface area contributed by atoms with Crippen LogP contribution in [0.25, 0.3) is 11.0 Å². The lowest BCUT2D eigenvalue weighted by Crippen LogP contribution is -2.16. The molecule has 31 heavy (non-hydrogen) atoms. The highest BCUT2D eigenvalue weighted by molar-refractivity contribution is 7.92. The second-order valence-electron chi connectivity index (χ2n) is 6.52. The van der Waals surface area contributed by atoms with Crippen molar-refractivity contribution >= 4 is 38.4 Å². The van der Waals surface area contributed by atoms with E-state index >= 15 is 0 Å². The number of hydrogen-bond acceptors (Lipinski definition) is 6. The van der Waals surface area contributed by atoms with E-state index in [1.165, 1.54) is 12.1 Å². The maximum absolute atomic E-state index is 13.2. The van der Waals surface area contributed by atoms with Crippen molar-refractivity contribution in [3.63, 3.8) is 0 Å². The molecule has 0 spiro atoms. The topological polar surface area (TPSA) is 93.2 Å². The van der Waals surface area contributed by atoms with Crippen LogP contribution in [0.15, 0.2) is 77.7 Å². The van der Waals surface area contributed by atoms with E-state index in [1.807, 2.05) is 25.1 Å². The third-order valence-corrected chi connectivity index (χ3v) is 5.72. The lowest BCUT2D eigenvalue weighted by atomic mass is 10.3. The molecule has 1 aromatic heterocycles. The minimum atomic E-state index is -4.02. The molecule has 0 bridgehead atoms. The van der Waals surface area contributed by atoms with E-state index < -0.39 is 15.8 Å². The third kappa shape index (κ3) is 4.56.